The van der Waals surface area contributed by atoms with Gasteiger partial charge in [-0.25, -0.2) is 4.39 Å². The first-order chi connectivity index (χ1) is 10.1. The van der Waals surface area contributed by atoms with Gasteiger partial charge in [-0.3, -0.25) is 4.90 Å². The summed E-state index contributed by atoms with van der Waals surface area (Å²) in [5.74, 6) is 6.92. The summed E-state index contributed by atoms with van der Waals surface area (Å²) < 4.78 is 13.7. The summed E-state index contributed by atoms with van der Waals surface area (Å²) in [7, 11) is 0. The standard InChI is InChI=1S/C18H24FNO/c1-14-7-15(2)12-20(11-14)13-17-8-16(5-3-4-6-21)9-18(19)10-17/h8-10,14-15,21H,4,6-7,11-13H2,1-2H3. The minimum Gasteiger partial charge on any atom is -0.395 e. The van der Waals surface area contributed by atoms with E-state index in [2.05, 4.69) is 30.6 Å². The third kappa shape index (κ3) is 5.15. The fourth-order valence-corrected chi connectivity index (χ4v) is 3.21. The van der Waals surface area contributed by atoms with Crippen molar-refractivity contribution in [2.75, 3.05) is 19.7 Å². The van der Waals surface area contributed by atoms with Crippen molar-refractivity contribution in [3.63, 3.8) is 0 Å². The molecule has 2 rings (SSSR count). The molecule has 0 aliphatic carbocycles. The van der Waals surface area contributed by atoms with E-state index in [0.717, 1.165) is 25.2 Å². The highest BCUT2D eigenvalue weighted by atomic mass is 19.1. The van der Waals surface area contributed by atoms with Crippen LogP contribution in [0.2, 0.25) is 0 Å². The lowest BCUT2D eigenvalue weighted by Crippen LogP contribution is -2.38. The first-order valence-corrected chi connectivity index (χ1v) is 7.68. The molecule has 114 valence electrons. The molecule has 1 aromatic rings. The number of rotatable bonds is 3. The molecule has 1 aromatic carbocycles. The molecule has 1 aliphatic heterocycles. The highest BCUT2D eigenvalue weighted by Gasteiger charge is 2.21. The Kier molecular flexibility index (Phi) is 5.78. The minimum atomic E-state index is -0.237. The molecule has 1 fully saturated rings. The third-order valence-corrected chi connectivity index (χ3v) is 3.78. The van der Waals surface area contributed by atoms with Crippen molar-refractivity contribution in [1.29, 1.82) is 0 Å². The van der Waals surface area contributed by atoms with Crippen molar-refractivity contribution in [3.05, 3.63) is 35.1 Å². The maximum absolute atomic E-state index is 13.7. The molecule has 0 spiro atoms. The molecule has 0 radical (unpaired) electrons. The lowest BCUT2D eigenvalue weighted by atomic mass is 9.91. The van der Waals surface area contributed by atoms with Gasteiger partial charge in [0, 0.05) is 31.6 Å². The van der Waals surface area contributed by atoms with Gasteiger partial charge >= 0.3 is 0 Å². The van der Waals surface area contributed by atoms with Gasteiger partial charge in [-0.15, -0.1) is 0 Å². The van der Waals surface area contributed by atoms with Gasteiger partial charge in [0.25, 0.3) is 0 Å². The highest BCUT2D eigenvalue weighted by molar-refractivity contribution is 5.37. The van der Waals surface area contributed by atoms with Gasteiger partial charge in [0.15, 0.2) is 0 Å². The van der Waals surface area contributed by atoms with Crippen molar-refractivity contribution in [2.45, 2.75) is 33.2 Å². The van der Waals surface area contributed by atoms with Crippen molar-refractivity contribution in [3.8, 4) is 11.8 Å². The lowest BCUT2D eigenvalue weighted by Gasteiger charge is -2.35. The quantitative estimate of drug-likeness (QED) is 0.865. The molecular formula is C18H24FNO. The van der Waals surface area contributed by atoms with Crippen LogP contribution in [0.25, 0.3) is 0 Å². The number of likely N-dealkylation sites (tertiary alicyclic amines) is 1. The van der Waals surface area contributed by atoms with Crippen molar-refractivity contribution < 1.29 is 9.50 Å². The van der Waals surface area contributed by atoms with Gasteiger partial charge < -0.3 is 5.11 Å². The van der Waals surface area contributed by atoms with Crippen LogP contribution >= 0.6 is 0 Å². The molecule has 0 bridgehead atoms. The number of hydrogen-bond acceptors (Lipinski definition) is 2. The number of benzene rings is 1. The number of halogens is 1. The van der Waals surface area contributed by atoms with E-state index >= 15 is 0 Å². The molecule has 3 heteroatoms. The largest absolute Gasteiger partial charge is 0.395 e. The molecule has 2 unspecified atom stereocenters. The van der Waals surface area contributed by atoms with Crippen LogP contribution in [0.15, 0.2) is 18.2 Å². The van der Waals surface area contributed by atoms with Gasteiger partial charge in [0.05, 0.1) is 6.61 Å². The monoisotopic (exact) mass is 289 g/mol. The molecule has 2 atom stereocenters. The van der Waals surface area contributed by atoms with Crippen LogP contribution < -0.4 is 0 Å². The SMILES string of the molecule is CC1CC(C)CN(Cc2cc(F)cc(C#CCCO)c2)C1. The van der Waals surface area contributed by atoms with Gasteiger partial charge in [0.1, 0.15) is 5.82 Å². The molecule has 21 heavy (non-hydrogen) atoms. The fourth-order valence-electron chi connectivity index (χ4n) is 3.21. The second-order valence-corrected chi connectivity index (χ2v) is 6.26. The Morgan fingerprint density at radius 2 is 1.95 bits per heavy atom. The molecular weight excluding hydrogens is 265 g/mol. The summed E-state index contributed by atoms with van der Waals surface area (Å²) >= 11 is 0. The summed E-state index contributed by atoms with van der Waals surface area (Å²) in [5, 5.41) is 8.74. The van der Waals surface area contributed by atoms with Crippen molar-refractivity contribution >= 4 is 0 Å². The first-order valence-electron chi connectivity index (χ1n) is 7.68. The normalized spacial score (nSPS) is 22.7. The molecule has 1 saturated heterocycles. The Balaban J connectivity index is 2.07. The van der Waals surface area contributed by atoms with Crippen LogP contribution in [0.4, 0.5) is 4.39 Å². The average Bonchev–Trinajstić information content (AvgIpc) is 2.37. The second kappa shape index (κ2) is 7.59. The smallest absolute Gasteiger partial charge is 0.124 e. The highest BCUT2D eigenvalue weighted by Crippen LogP contribution is 2.23. The summed E-state index contributed by atoms with van der Waals surface area (Å²) in [6, 6.07) is 5.01. The van der Waals surface area contributed by atoms with E-state index in [1.54, 1.807) is 6.07 Å². The van der Waals surface area contributed by atoms with Gasteiger partial charge in [-0.05, 0) is 42.0 Å². The fraction of sp³-hybridized carbons (Fsp3) is 0.556. The van der Waals surface area contributed by atoms with Crippen LogP contribution in [-0.4, -0.2) is 29.7 Å². The van der Waals surface area contributed by atoms with Crippen LogP contribution in [0.5, 0.6) is 0 Å². The maximum atomic E-state index is 13.7. The number of aliphatic hydroxyl groups is 1. The first kappa shape index (κ1) is 16.0. The van der Waals surface area contributed by atoms with E-state index in [4.69, 9.17) is 5.11 Å². The molecule has 1 N–H and O–H groups in total. The zero-order valence-corrected chi connectivity index (χ0v) is 12.9. The van der Waals surface area contributed by atoms with E-state index < -0.39 is 0 Å². The zero-order chi connectivity index (χ0) is 15.2. The third-order valence-electron chi connectivity index (χ3n) is 3.78. The average molecular weight is 289 g/mol. The van der Waals surface area contributed by atoms with E-state index in [-0.39, 0.29) is 12.4 Å². The number of nitrogens with zero attached hydrogens (tertiary/aromatic N) is 1. The number of piperidine rings is 1. The van der Waals surface area contributed by atoms with E-state index in [0.29, 0.717) is 23.8 Å². The predicted octanol–water partition coefficient (Wildman–Crippen LogP) is 3.04. The molecule has 2 nitrogen and oxygen atoms in total. The Morgan fingerprint density at radius 3 is 2.62 bits per heavy atom. The Hall–Kier alpha value is -1.37. The number of hydrogen-bond donors (Lipinski definition) is 1. The van der Waals surface area contributed by atoms with Gasteiger partial charge in [-0.1, -0.05) is 25.7 Å². The lowest BCUT2D eigenvalue weighted by molar-refractivity contribution is 0.134. The van der Waals surface area contributed by atoms with Crippen LogP contribution in [0, 0.1) is 29.5 Å². The Morgan fingerprint density at radius 1 is 1.24 bits per heavy atom. The second-order valence-electron chi connectivity index (χ2n) is 6.26. The van der Waals surface area contributed by atoms with Crippen LogP contribution in [-0.2, 0) is 6.54 Å². The van der Waals surface area contributed by atoms with Crippen LogP contribution in [0.1, 0.15) is 37.8 Å². The van der Waals surface area contributed by atoms with E-state index in [1.165, 1.54) is 12.5 Å². The molecule has 1 aliphatic rings. The summed E-state index contributed by atoms with van der Waals surface area (Å²) in [6.07, 6.45) is 1.70. The van der Waals surface area contributed by atoms with E-state index in [9.17, 15) is 4.39 Å². The van der Waals surface area contributed by atoms with Crippen molar-refractivity contribution in [1.82, 2.24) is 4.90 Å². The Labute approximate surface area is 127 Å². The summed E-state index contributed by atoms with van der Waals surface area (Å²) in [4.78, 5) is 2.40. The van der Waals surface area contributed by atoms with E-state index in [1.807, 2.05) is 6.07 Å². The summed E-state index contributed by atoms with van der Waals surface area (Å²) in [6.45, 7) is 7.53. The zero-order valence-electron chi connectivity index (χ0n) is 12.9. The molecule has 1 heterocycles. The Bertz CT molecular complexity index is 522. The number of aliphatic hydroxyl groups excluding tert-OH is 1. The molecule has 0 saturated carbocycles. The maximum Gasteiger partial charge on any atom is 0.124 e. The van der Waals surface area contributed by atoms with Crippen molar-refractivity contribution in [2.24, 2.45) is 11.8 Å². The van der Waals surface area contributed by atoms with Gasteiger partial charge in [0.2, 0.25) is 0 Å². The minimum absolute atomic E-state index is 0.0404. The van der Waals surface area contributed by atoms with Gasteiger partial charge in [-0.2, -0.15) is 0 Å². The molecule has 0 amide bonds. The summed E-state index contributed by atoms with van der Waals surface area (Å²) in [5.41, 5.74) is 1.67. The predicted molar refractivity (Wildman–Crippen MR) is 83.2 cm³/mol. The van der Waals surface area contributed by atoms with Crippen LogP contribution in [0.3, 0.4) is 0 Å². The topological polar surface area (TPSA) is 23.5 Å². The molecule has 0 aromatic heterocycles.